The molecule has 0 aliphatic rings. The van der Waals surface area contributed by atoms with E-state index in [9.17, 15) is 9.59 Å². The molecule has 23 heavy (non-hydrogen) atoms. The van der Waals surface area contributed by atoms with Crippen molar-refractivity contribution in [3.05, 3.63) is 67.2 Å². The largest absolute Gasteiger partial charge is 0.421 e. The average molecular weight is 439 g/mol. The Hall–Kier alpha value is -1.99. The van der Waals surface area contributed by atoms with Gasteiger partial charge < -0.3 is 9.15 Å². The molecule has 0 saturated carbocycles. The van der Waals surface area contributed by atoms with Crippen LogP contribution in [-0.4, -0.2) is 11.0 Å². The average Bonchev–Trinajstić information content (AvgIpc) is 2.47. The number of aromatic nitrogens is 1. The van der Waals surface area contributed by atoms with Crippen LogP contribution >= 0.6 is 31.9 Å². The highest BCUT2D eigenvalue weighted by Gasteiger charge is 2.17. The Balaban J connectivity index is 2.03. The summed E-state index contributed by atoms with van der Waals surface area (Å²) in [6, 6.07) is 6.60. The molecular formula is C16H9Br2NO4. The zero-order valence-electron chi connectivity index (χ0n) is 11.8. The van der Waals surface area contributed by atoms with Crippen LogP contribution < -0.4 is 10.4 Å². The highest BCUT2D eigenvalue weighted by Crippen LogP contribution is 2.28. The van der Waals surface area contributed by atoms with E-state index in [0.717, 1.165) is 10.0 Å². The molecule has 2 aromatic heterocycles. The summed E-state index contributed by atoms with van der Waals surface area (Å²) in [7, 11) is 0. The van der Waals surface area contributed by atoms with Crippen molar-refractivity contribution in [2.45, 2.75) is 6.92 Å². The smallest absolute Gasteiger partial charge is 0.351 e. The van der Waals surface area contributed by atoms with Crippen LogP contribution in [0.5, 0.6) is 5.75 Å². The van der Waals surface area contributed by atoms with Crippen molar-refractivity contribution in [2.75, 3.05) is 0 Å². The van der Waals surface area contributed by atoms with Crippen LogP contribution in [-0.2, 0) is 0 Å². The van der Waals surface area contributed by atoms with Gasteiger partial charge in [-0.25, -0.2) is 9.59 Å². The van der Waals surface area contributed by atoms with Crippen molar-refractivity contribution in [3.63, 3.8) is 0 Å². The molecule has 1 aromatic carbocycles. The minimum atomic E-state index is -0.788. The van der Waals surface area contributed by atoms with Crippen molar-refractivity contribution in [2.24, 2.45) is 0 Å². The van der Waals surface area contributed by atoms with E-state index in [1.165, 1.54) is 12.3 Å². The van der Waals surface area contributed by atoms with Gasteiger partial charge in [0.15, 0.2) is 5.58 Å². The summed E-state index contributed by atoms with van der Waals surface area (Å²) in [6.45, 7) is 1.82. The number of carbonyl (C=O) groups excluding carboxylic acids is 1. The third kappa shape index (κ3) is 3.35. The van der Waals surface area contributed by atoms with E-state index in [2.05, 4.69) is 36.8 Å². The molecule has 0 saturated heterocycles. The van der Waals surface area contributed by atoms with Gasteiger partial charge in [0.25, 0.3) is 0 Å². The van der Waals surface area contributed by atoms with Gasteiger partial charge in [0.1, 0.15) is 11.3 Å². The second-order valence-electron chi connectivity index (χ2n) is 4.84. The molecule has 2 heterocycles. The first kappa shape index (κ1) is 15.9. The summed E-state index contributed by atoms with van der Waals surface area (Å²) in [4.78, 5) is 28.2. The van der Waals surface area contributed by atoms with Crippen LogP contribution in [0.15, 0.2) is 54.8 Å². The third-order valence-corrected chi connectivity index (χ3v) is 4.08. The van der Waals surface area contributed by atoms with Crippen molar-refractivity contribution < 1.29 is 13.9 Å². The molecule has 116 valence electrons. The number of carbonyl (C=O) groups is 1. The fourth-order valence-corrected chi connectivity index (χ4v) is 3.38. The van der Waals surface area contributed by atoms with Gasteiger partial charge in [0.05, 0.1) is 10.7 Å². The van der Waals surface area contributed by atoms with Crippen molar-refractivity contribution in [3.8, 4) is 5.75 Å². The Morgan fingerprint density at radius 2 is 1.96 bits per heavy atom. The standard InChI is InChI=1S/C16H9Br2NO4/c1-8-2-11(7-19-6-8)22-15(20)12-4-9-3-10(17)5-13(18)14(9)23-16(12)21/h2-7H,1H3. The number of aryl methyl sites for hydroxylation is 1. The van der Waals surface area contributed by atoms with Gasteiger partial charge in [-0.1, -0.05) is 15.9 Å². The molecule has 0 radical (unpaired) electrons. The number of halogens is 2. The monoisotopic (exact) mass is 437 g/mol. The molecule has 0 N–H and O–H groups in total. The third-order valence-electron chi connectivity index (χ3n) is 3.03. The van der Waals surface area contributed by atoms with Crippen molar-refractivity contribution in [1.29, 1.82) is 0 Å². The summed E-state index contributed by atoms with van der Waals surface area (Å²) in [5, 5.41) is 0.597. The Morgan fingerprint density at radius 1 is 1.17 bits per heavy atom. The summed E-state index contributed by atoms with van der Waals surface area (Å²) in [5.41, 5.74) is 0.274. The number of hydrogen-bond acceptors (Lipinski definition) is 5. The number of rotatable bonds is 2. The number of esters is 1. The summed E-state index contributed by atoms with van der Waals surface area (Å²) in [6.07, 6.45) is 3.04. The van der Waals surface area contributed by atoms with Crippen LogP contribution in [0.4, 0.5) is 0 Å². The molecule has 7 heteroatoms. The highest BCUT2D eigenvalue weighted by molar-refractivity contribution is 9.11. The van der Waals surface area contributed by atoms with E-state index < -0.39 is 11.6 Å². The van der Waals surface area contributed by atoms with Gasteiger partial charge in [-0.15, -0.1) is 0 Å². The van der Waals surface area contributed by atoms with Crippen molar-refractivity contribution in [1.82, 2.24) is 4.98 Å². The topological polar surface area (TPSA) is 69.4 Å². The predicted molar refractivity (Wildman–Crippen MR) is 91.8 cm³/mol. The number of ether oxygens (including phenoxy) is 1. The second kappa shape index (κ2) is 6.25. The quantitative estimate of drug-likeness (QED) is 0.442. The van der Waals surface area contributed by atoms with Crippen LogP contribution in [0, 0.1) is 6.92 Å². The minimum absolute atomic E-state index is 0.177. The molecule has 0 bridgehead atoms. The zero-order valence-corrected chi connectivity index (χ0v) is 15.0. The second-order valence-corrected chi connectivity index (χ2v) is 6.61. The maximum atomic E-state index is 12.2. The molecule has 0 spiro atoms. The molecule has 0 aliphatic carbocycles. The SMILES string of the molecule is Cc1cncc(OC(=O)c2cc3cc(Br)cc(Br)c3oc2=O)c1. The molecule has 3 rings (SSSR count). The van der Waals surface area contributed by atoms with Crippen LogP contribution in [0.1, 0.15) is 15.9 Å². The molecule has 0 atom stereocenters. The lowest BCUT2D eigenvalue weighted by atomic mass is 10.2. The number of nitrogens with zero attached hydrogens (tertiary/aromatic N) is 1. The molecule has 5 nitrogen and oxygen atoms in total. The first-order valence-electron chi connectivity index (χ1n) is 6.51. The fraction of sp³-hybridized carbons (Fsp3) is 0.0625. The lowest BCUT2D eigenvalue weighted by Gasteiger charge is -2.06. The van der Waals surface area contributed by atoms with E-state index in [1.807, 2.05) is 6.92 Å². The Kier molecular flexibility index (Phi) is 4.32. The predicted octanol–water partition coefficient (Wildman–Crippen LogP) is 4.24. The van der Waals surface area contributed by atoms with Gasteiger partial charge in [-0.3, -0.25) is 4.98 Å². The fourth-order valence-electron chi connectivity index (χ4n) is 2.04. The molecule has 0 unspecified atom stereocenters. The maximum Gasteiger partial charge on any atom is 0.351 e. The normalized spacial score (nSPS) is 10.7. The van der Waals surface area contributed by atoms with Crippen molar-refractivity contribution >= 4 is 48.8 Å². The lowest BCUT2D eigenvalue weighted by molar-refractivity contribution is 0.0730. The highest BCUT2D eigenvalue weighted by atomic mass is 79.9. The summed E-state index contributed by atoms with van der Waals surface area (Å²) in [5.74, 6) is -0.519. The van der Waals surface area contributed by atoms with Gasteiger partial charge >= 0.3 is 11.6 Å². The summed E-state index contributed by atoms with van der Waals surface area (Å²) >= 11 is 6.67. The Bertz CT molecular complexity index is 981. The first-order chi connectivity index (χ1) is 10.9. The van der Waals surface area contributed by atoms with Gasteiger partial charge in [0, 0.05) is 16.1 Å². The molecule has 3 aromatic rings. The summed E-state index contributed by atoms with van der Waals surface area (Å²) < 4.78 is 11.8. The van der Waals surface area contributed by atoms with Crippen LogP contribution in [0.25, 0.3) is 11.0 Å². The van der Waals surface area contributed by atoms with Crippen LogP contribution in [0.2, 0.25) is 0 Å². The van der Waals surface area contributed by atoms with Gasteiger partial charge in [0.2, 0.25) is 0 Å². The number of benzene rings is 1. The minimum Gasteiger partial charge on any atom is -0.421 e. The van der Waals surface area contributed by atoms with Gasteiger partial charge in [-0.2, -0.15) is 0 Å². The molecule has 0 amide bonds. The first-order valence-corrected chi connectivity index (χ1v) is 8.09. The van der Waals surface area contributed by atoms with E-state index in [0.29, 0.717) is 15.4 Å². The van der Waals surface area contributed by atoms with Gasteiger partial charge in [-0.05, 0) is 52.7 Å². The Labute approximate surface area is 147 Å². The van der Waals surface area contributed by atoms with E-state index in [4.69, 9.17) is 9.15 Å². The molecule has 0 aliphatic heterocycles. The van der Waals surface area contributed by atoms with Crippen LogP contribution in [0.3, 0.4) is 0 Å². The zero-order chi connectivity index (χ0) is 16.6. The maximum absolute atomic E-state index is 12.2. The number of pyridine rings is 1. The molecule has 0 fully saturated rings. The van der Waals surface area contributed by atoms with E-state index in [1.54, 1.807) is 24.4 Å². The Morgan fingerprint density at radius 3 is 2.70 bits per heavy atom. The molecular weight excluding hydrogens is 430 g/mol. The number of hydrogen-bond donors (Lipinski definition) is 0. The number of fused-ring (bicyclic) bond motifs is 1. The lowest BCUT2D eigenvalue weighted by Crippen LogP contribution is -2.18. The van der Waals surface area contributed by atoms with E-state index in [-0.39, 0.29) is 11.3 Å². The van der Waals surface area contributed by atoms with E-state index >= 15 is 0 Å².